The molecule has 1 aliphatic rings. The first-order valence-corrected chi connectivity index (χ1v) is 6.49. The summed E-state index contributed by atoms with van der Waals surface area (Å²) in [5, 5.41) is 0. The van der Waals surface area contributed by atoms with E-state index in [1.807, 2.05) is 0 Å². The molecular formula is C10H11F2NO3S. The van der Waals surface area contributed by atoms with Gasteiger partial charge in [0.05, 0.1) is 13.2 Å². The Labute approximate surface area is 97.9 Å². The molecular weight excluding hydrogens is 252 g/mol. The third kappa shape index (κ3) is 2.46. The first kappa shape index (κ1) is 12.4. The van der Waals surface area contributed by atoms with Gasteiger partial charge in [-0.15, -0.1) is 0 Å². The molecule has 0 atom stereocenters. The van der Waals surface area contributed by atoms with Crippen LogP contribution >= 0.6 is 0 Å². The van der Waals surface area contributed by atoms with Crippen LogP contribution in [0.15, 0.2) is 23.1 Å². The lowest BCUT2D eigenvalue weighted by Crippen LogP contribution is -2.40. The molecule has 1 fully saturated rings. The van der Waals surface area contributed by atoms with Gasteiger partial charge in [-0.2, -0.15) is 4.31 Å². The molecule has 94 valence electrons. The van der Waals surface area contributed by atoms with E-state index in [1.54, 1.807) is 0 Å². The van der Waals surface area contributed by atoms with Crippen molar-refractivity contribution in [3.05, 3.63) is 29.8 Å². The van der Waals surface area contributed by atoms with Crippen LogP contribution in [-0.4, -0.2) is 39.0 Å². The SMILES string of the molecule is O=S(=O)(c1cc(F)ccc1F)N1CCOCC1. The first-order chi connectivity index (χ1) is 8.01. The highest BCUT2D eigenvalue weighted by Gasteiger charge is 2.29. The Kier molecular flexibility index (Phi) is 3.41. The molecule has 0 saturated carbocycles. The van der Waals surface area contributed by atoms with Crippen LogP contribution in [0.2, 0.25) is 0 Å². The quantitative estimate of drug-likeness (QED) is 0.799. The summed E-state index contributed by atoms with van der Waals surface area (Å²) in [4.78, 5) is -0.626. The summed E-state index contributed by atoms with van der Waals surface area (Å²) in [5.74, 6) is -1.73. The van der Waals surface area contributed by atoms with Gasteiger partial charge in [0.2, 0.25) is 10.0 Å². The predicted molar refractivity (Wildman–Crippen MR) is 55.9 cm³/mol. The molecule has 1 aromatic rings. The zero-order valence-corrected chi connectivity index (χ0v) is 9.71. The van der Waals surface area contributed by atoms with Crippen molar-refractivity contribution in [2.75, 3.05) is 26.3 Å². The van der Waals surface area contributed by atoms with Crippen LogP contribution in [0.3, 0.4) is 0 Å². The topological polar surface area (TPSA) is 46.6 Å². The van der Waals surface area contributed by atoms with Crippen molar-refractivity contribution >= 4 is 10.0 Å². The lowest BCUT2D eigenvalue weighted by atomic mass is 10.3. The third-order valence-corrected chi connectivity index (χ3v) is 4.39. The second kappa shape index (κ2) is 4.67. The molecule has 1 aliphatic heterocycles. The van der Waals surface area contributed by atoms with Gasteiger partial charge in [0.15, 0.2) is 0 Å². The molecule has 1 saturated heterocycles. The van der Waals surface area contributed by atoms with Gasteiger partial charge in [-0.25, -0.2) is 17.2 Å². The number of rotatable bonds is 2. The fourth-order valence-corrected chi connectivity index (χ4v) is 3.08. The number of hydrogen-bond donors (Lipinski definition) is 0. The summed E-state index contributed by atoms with van der Waals surface area (Å²) < 4.78 is 56.5. The second-order valence-electron chi connectivity index (χ2n) is 3.59. The van der Waals surface area contributed by atoms with E-state index in [9.17, 15) is 17.2 Å². The van der Waals surface area contributed by atoms with E-state index in [2.05, 4.69) is 0 Å². The summed E-state index contributed by atoms with van der Waals surface area (Å²) in [7, 11) is -3.98. The van der Waals surface area contributed by atoms with Crippen molar-refractivity contribution in [2.24, 2.45) is 0 Å². The van der Waals surface area contributed by atoms with Crippen molar-refractivity contribution in [3.8, 4) is 0 Å². The molecule has 1 aromatic carbocycles. The van der Waals surface area contributed by atoms with Crippen LogP contribution in [0.1, 0.15) is 0 Å². The summed E-state index contributed by atoms with van der Waals surface area (Å²) >= 11 is 0. The summed E-state index contributed by atoms with van der Waals surface area (Å²) in [6.07, 6.45) is 0. The number of sulfonamides is 1. The lowest BCUT2D eigenvalue weighted by molar-refractivity contribution is 0.0729. The van der Waals surface area contributed by atoms with E-state index in [0.29, 0.717) is 6.07 Å². The molecule has 4 nitrogen and oxygen atoms in total. The Morgan fingerprint density at radius 2 is 1.82 bits per heavy atom. The van der Waals surface area contributed by atoms with Crippen molar-refractivity contribution in [1.82, 2.24) is 4.31 Å². The third-order valence-electron chi connectivity index (χ3n) is 2.48. The van der Waals surface area contributed by atoms with Crippen LogP contribution < -0.4 is 0 Å². The monoisotopic (exact) mass is 263 g/mol. The number of benzene rings is 1. The van der Waals surface area contributed by atoms with Gasteiger partial charge in [-0.3, -0.25) is 0 Å². The lowest BCUT2D eigenvalue weighted by Gasteiger charge is -2.26. The Bertz CT molecular complexity index is 512. The van der Waals surface area contributed by atoms with Gasteiger partial charge in [-0.1, -0.05) is 0 Å². The minimum absolute atomic E-state index is 0.151. The fraction of sp³-hybridized carbons (Fsp3) is 0.400. The van der Waals surface area contributed by atoms with Gasteiger partial charge in [0, 0.05) is 13.1 Å². The average molecular weight is 263 g/mol. The average Bonchev–Trinajstić information content (AvgIpc) is 2.33. The van der Waals surface area contributed by atoms with E-state index < -0.39 is 26.6 Å². The minimum atomic E-state index is -3.98. The van der Waals surface area contributed by atoms with Crippen LogP contribution in [0.5, 0.6) is 0 Å². The largest absolute Gasteiger partial charge is 0.379 e. The summed E-state index contributed by atoms with van der Waals surface area (Å²) in [6.45, 7) is 0.822. The fourth-order valence-electron chi connectivity index (χ4n) is 1.60. The highest BCUT2D eigenvalue weighted by atomic mass is 32.2. The predicted octanol–water partition coefficient (Wildman–Crippen LogP) is 0.986. The highest BCUT2D eigenvalue weighted by molar-refractivity contribution is 7.89. The van der Waals surface area contributed by atoms with E-state index in [-0.39, 0.29) is 26.3 Å². The smallest absolute Gasteiger partial charge is 0.246 e. The van der Waals surface area contributed by atoms with Crippen molar-refractivity contribution in [2.45, 2.75) is 4.90 Å². The van der Waals surface area contributed by atoms with Gasteiger partial charge in [0.25, 0.3) is 0 Å². The van der Waals surface area contributed by atoms with Crippen LogP contribution in [0.25, 0.3) is 0 Å². The van der Waals surface area contributed by atoms with Crippen molar-refractivity contribution < 1.29 is 21.9 Å². The molecule has 1 heterocycles. The van der Waals surface area contributed by atoms with Crippen LogP contribution in [0.4, 0.5) is 8.78 Å². The molecule has 0 amide bonds. The molecule has 0 spiro atoms. The van der Waals surface area contributed by atoms with Gasteiger partial charge in [0.1, 0.15) is 16.5 Å². The molecule has 17 heavy (non-hydrogen) atoms. The number of morpholine rings is 1. The normalized spacial score (nSPS) is 18.2. The number of ether oxygens (including phenoxy) is 1. The molecule has 0 N–H and O–H groups in total. The maximum atomic E-state index is 13.4. The second-order valence-corrected chi connectivity index (χ2v) is 5.50. The summed E-state index contributed by atoms with van der Waals surface area (Å²) in [6, 6.07) is 2.39. The van der Waals surface area contributed by atoms with Gasteiger partial charge < -0.3 is 4.74 Å². The highest BCUT2D eigenvalue weighted by Crippen LogP contribution is 2.21. The molecule has 0 unspecified atom stereocenters. The molecule has 0 bridgehead atoms. The Hall–Kier alpha value is -1.05. The van der Waals surface area contributed by atoms with Gasteiger partial charge in [-0.05, 0) is 18.2 Å². The van der Waals surface area contributed by atoms with E-state index >= 15 is 0 Å². The first-order valence-electron chi connectivity index (χ1n) is 5.05. The molecule has 2 rings (SSSR count). The number of nitrogens with zero attached hydrogens (tertiary/aromatic N) is 1. The van der Waals surface area contributed by atoms with Crippen molar-refractivity contribution in [1.29, 1.82) is 0 Å². The minimum Gasteiger partial charge on any atom is -0.379 e. The Balaban J connectivity index is 2.40. The van der Waals surface area contributed by atoms with E-state index in [4.69, 9.17) is 4.74 Å². The maximum absolute atomic E-state index is 13.4. The molecule has 7 heteroatoms. The zero-order valence-electron chi connectivity index (χ0n) is 8.90. The Morgan fingerprint density at radius 3 is 2.47 bits per heavy atom. The molecule has 0 aliphatic carbocycles. The molecule has 0 aromatic heterocycles. The molecule has 0 radical (unpaired) electrons. The van der Waals surface area contributed by atoms with Crippen molar-refractivity contribution in [3.63, 3.8) is 0 Å². The summed E-state index contributed by atoms with van der Waals surface area (Å²) in [5.41, 5.74) is 0. The maximum Gasteiger partial charge on any atom is 0.246 e. The van der Waals surface area contributed by atoms with E-state index in [1.165, 1.54) is 0 Å². The van der Waals surface area contributed by atoms with Crippen LogP contribution in [-0.2, 0) is 14.8 Å². The standard InChI is InChI=1S/C10H11F2NO3S/c11-8-1-2-9(12)10(7-8)17(14,15)13-3-5-16-6-4-13/h1-2,7H,3-6H2. The van der Waals surface area contributed by atoms with Crippen LogP contribution in [0, 0.1) is 11.6 Å². The zero-order chi connectivity index (χ0) is 12.5. The van der Waals surface area contributed by atoms with E-state index in [0.717, 1.165) is 16.4 Å². The number of halogens is 2. The number of hydrogen-bond acceptors (Lipinski definition) is 3. The Morgan fingerprint density at radius 1 is 1.18 bits per heavy atom. The van der Waals surface area contributed by atoms with Gasteiger partial charge >= 0.3 is 0 Å².